The van der Waals surface area contributed by atoms with Crippen LogP contribution in [0.25, 0.3) is 0 Å². The third-order valence-electron chi connectivity index (χ3n) is 4.58. The quantitative estimate of drug-likeness (QED) is 0.670. The molecule has 0 radical (unpaired) electrons. The fraction of sp³-hybridized carbons (Fsp3) is 0.556. The third kappa shape index (κ3) is 5.15. The highest BCUT2D eigenvalue weighted by Gasteiger charge is 2.24. The van der Waals surface area contributed by atoms with Crippen LogP contribution in [-0.4, -0.2) is 42.5 Å². The zero-order valence-corrected chi connectivity index (χ0v) is 13.9. The fourth-order valence-corrected chi connectivity index (χ4v) is 2.93. The van der Waals surface area contributed by atoms with Crippen LogP contribution >= 0.6 is 0 Å². The molecule has 0 aromatic heterocycles. The van der Waals surface area contributed by atoms with Crippen molar-refractivity contribution in [3.63, 3.8) is 0 Å². The molecular weight excluding hydrogens is 292 g/mol. The zero-order chi connectivity index (χ0) is 16.8. The predicted octanol–water partition coefficient (Wildman–Crippen LogP) is 1.92. The van der Waals surface area contributed by atoms with Crippen LogP contribution in [0.2, 0.25) is 0 Å². The lowest BCUT2D eigenvalue weighted by Crippen LogP contribution is -2.43. The van der Waals surface area contributed by atoms with Crippen LogP contribution in [0.15, 0.2) is 18.2 Å². The molecule has 0 saturated carbocycles. The van der Waals surface area contributed by atoms with Gasteiger partial charge in [-0.2, -0.15) is 0 Å². The summed E-state index contributed by atoms with van der Waals surface area (Å²) < 4.78 is 0. The molecule has 1 aliphatic heterocycles. The van der Waals surface area contributed by atoms with Crippen LogP contribution in [0.5, 0.6) is 0 Å². The van der Waals surface area contributed by atoms with Crippen molar-refractivity contribution in [1.82, 2.24) is 10.6 Å². The van der Waals surface area contributed by atoms with E-state index in [1.54, 1.807) is 6.07 Å². The van der Waals surface area contributed by atoms with Gasteiger partial charge < -0.3 is 15.7 Å². The van der Waals surface area contributed by atoms with Crippen molar-refractivity contribution in [2.24, 2.45) is 5.92 Å². The molecule has 5 heteroatoms. The van der Waals surface area contributed by atoms with E-state index in [9.17, 15) is 9.59 Å². The minimum atomic E-state index is -0.931. The van der Waals surface area contributed by atoms with Crippen molar-refractivity contribution >= 4 is 11.8 Å². The highest BCUT2D eigenvalue weighted by atomic mass is 16.4. The summed E-state index contributed by atoms with van der Waals surface area (Å²) >= 11 is 0. The lowest BCUT2D eigenvalue weighted by Gasteiger charge is -2.25. The maximum atomic E-state index is 12.7. The molecule has 2 rings (SSSR count). The van der Waals surface area contributed by atoms with Crippen molar-refractivity contribution in [1.29, 1.82) is 0 Å². The first kappa shape index (κ1) is 17.6. The van der Waals surface area contributed by atoms with Gasteiger partial charge in [-0.15, -0.1) is 0 Å². The molecule has 1 aromatic carbocycles. The minimum Gasteiger partial charge on any atom is -0.481 e. The van der Waals surface area contributed by atoms with Crippen molar-refractivity contribution in [2.75, 3.05) is 19.6 Å². The largest absolute Gasteiger partial charge is 0.481 e. The van der Waals surface area contributed by atoms with Gasteiger partial charge in [0.2, 0.25) is 0 Å². The average Bonchev–Trinajstić information content (AvgIpc) is 2.54. The van der Waals surface area contributed by atoms with E-state index < -0.39 is 11.9 Å². The van der Waals surface area contributed by atoms with Gasteiger partial charge in [0, 0.05) is 24.1 Å². The van der Waals surface area contributed by atoms with Crippen LogP contribution in [-0.2, 0) is 4.79 Å². The van der Waals surface area contributed by atoms with E-state index in [-0.39, 0.29) is 12.2 Å². The van der Waals surface area contributed by atoms with Gasteiger partial charge in [0.05, 0.1) is 6.42 Å². The number of carboxylic acids is 1. The van der Waals surface area contributed by atoms with E-state index in [2.05, 4.69) is 10.6 Å². The van der Waals surface area contributed by atoms with E-state index in [0.29, 0.717) is 18.2 Å². The van der Waals surface area contributed by atoms with E-state index >= 15 is 0 Å². The first-order valence-electron chi connectivity index (χ1n) is 8.24. The Bertz CT molecular complexity index is 565. The summed E-state index contributed by atoms with van der Waals surface area (Å²) in [7, 11) is 0. The fourth-order valence-electron chi connectivity index (χ4n) is 2.93. The standard InChI is InChI=1S/C18H26N2O3/c1-12-3-4-14(9-13(12)2)18(23)15(10-17(21)22)11-20-16-5-7-19-8-6-16/h3-4,9,15-16,19-20H,5-8,10-11H2,1-2H3,(H,21,22). The highest BCUT2D eigenvalue weighted by molar-refractivity contribution is 5.99. The van der Waals surface area contributed by atoms with Gasteiger partial charge >= 0.3 is 5.97 Å². The Morgan fingerprint density at radius 3 is 2.57 bits per heavy atom. The summed E-state index contributed by atoms with van der Waals surface area (Å²) in [5.74, 6) is -1.54. The van der Waals surface area contributed by atoms with Gasteiger partial charge in [-0.1, -0.05) is 12.1 Å². The Balaban J connectivity index is 2.04. The molecule has 0 amide bonds. The number of aryl methyl sites for hydroxylation is 2. The third-order valence-corrected chi connectivity index (χ3v) is 4.58. The van der Waals surface area contributed by atoms with Gasteiger partial charge in [0.25, 0.3) is 0 Å². The molecule has 1 aliphatic rings. The summed E-state index contributed by atoms with van der Waals surface area (Å²) in [4.78, 5) is 23.8. The SMILES string of the molecule is Cc1ccc(C(=O)C(CNC2CCNCC2)CC(=O)O)cc1C. The van der Waals surface area contributed by atoms with Crippen LogP contribution in [0.3, 0.4) is 0 Å². The van der Waals surface area contributed by atoms with Crippen LogP contribution in [0.4, 0.5) is 0 Å². The smallest absolute Gasteiger partial charge is 0.304 e. The number of nitrogens with one attached hydrogen (secondary N) is 2. The lowest BCUT2D eigenvalue weighted by atomic mass is 9.92. The first-order valence-corrected chi connectivity index (χ1v) is 8.24. The second-order valence-electron chi connectivity index (χ2n) is 6.39. The minimum absolute atomic E-state index is 0.0862. The molecule has 5 nitrogen and oxygen atoms in total. The van der Waals surface area contributed by atoms with E-state index in [1.807, 2.05) is 26.0 Å². The van der Waals surface area contributed by atoms with Crippen LogP contribution in [0.1, 0.15) is 40.7 Å². The molecule has 0 bridgehead atoms. The van der Waals surface area contributed by atoms with Crippen molar-refractivity contribution < 1.29 is 14.7 Å². The summed E-state index contributed by atoms with van der Waals surface area (Å²) in [5.41, 5.74) is 2.78. The number of carbonyl (C=O) groups is 2. The normalized spacial score (nSPS) is 17.0. The van der Waals surface area contributed by atoms with Crippen LogP contribution < -0.4 is 10.6 Å². The Morgan fingerprint density at radius 1 is 1.26 bits per heavy atom. The number of aliphatic carboxylic acids is 1. The van der Waals surface area contributed by atoms with E-state index in [0.717, 1.165) is 37.1 Å². The number of hydrogen-bond donors (Lipinski definition) is 3. The van der Waals surface area contributed by atoms with Crippen molar-refractivity contribution in [2.45, 2.75) is 39.2 Å². The zero-order valence-electron chi connectivity index (χ0n) is 13.9. The summed E-state index contributed by atoms with van der Waals surface area (Å²) in [6.07, 6.45) is 1.89. The van der Waals surface area contributed by atoms with E-state index in [1.165, 1.54) is 0 Å². The first-order chi connectivity index (χ1) is 11.0. The van der Waals surface area contributed by atoms with Crippen molar-refractivity contribution in [3.05, 3.63) is 34.9 Å². The number of piperidine rings is 1. The maximum absolute atomic E-state index is 12.7. The van der Waals surface area contributed by atoms with Crippen LogP contribution in [0, 0.1) is 19.8 Å². The number of ketones is 1. The second-order valence-corrected chi connectivity index (χ2v) is 6.39. The Kier molecular flexibility index (Phi) is 6.30. The van der Waals surface area contributed by atoms with Crippen molar-refractivity contribution in [3.8, 4) is 0 Å². The number of Topliss-reactive ketones (excluding diaryl/α,β-unsaturated/α-hetero) is 1. The predicted molar refractivity (Wildman–Crippen MR) is 89.9 cm³/mol. The number of hydrogen-bond acceptors (Lipinski definition) is 4. The topological polar surface area (TPSA) is 78.4 Å². The number of carboxylic acid groups (broad SMARTS) is 1. The molecule has 1 saturated heterocycles. The van der Waals surface area contributed by atoms with Gasteiger partial charge in [0.1, 0.15) is 0 Å². The number of benzene rings is 1. The molecule has 1 heterocycles. The summed E-state index contributed by atoms with van der Waals surface area (Å²) in [6, 6.07) is 5.93. The Morgan fingerprint density at radius 2 is 1.96 bits per heavy atom. The molecule has 1 unspecified atom stereocenters. The lowest BCUT2D eigenvalue weighted by molar-refractivity contribution is -0.137. The average molecular weight is 318 g/mol. The molecular formula is C18H26N2O3. The Hall–Kier alpha value is -1.72. The molecule has 0 aliphatic carbocycles. The molecule has 0 spiro atoms. The molecule has 3 N–H and O–H groups in total. The van der Waals surface area contributed by atoms with Gasteiger partial charge in [0.15, 0.2) is 5.78 Å². The summed E-state index contributed by atoms with van der Waals surface area (Å²) in [5, 5.41) is 15.8. The molecule has 1 fully saturated rings. The molecule has 1 aromatic rings. The van der Waals surface area contributed by atoms with Gasteiger partial charge in [-0.3, -0.25) is 9.59 Å². The molecule has 1 atom stereocenters. The monoisotopic (exact) mass is 318 g/mol. The van der Waals surface area contributed by atoms with Gasteiger partial charge in [-0.25, -0.2) is 0 Å². The van der Waals surface area contributed by atoms with E-state index in [4.69, 9.17) is 5.11 Å². The maximum Gasteiger partial charge on any atom is 0.304 e. The highest BCUT2D eigenvalue weighted by Crippen LogP contribution is 2.17. The molecule has 126 valence electrons. The second kappa shape index (κ2) is 8.22. The van der Waals surface area contributed by atoms with Gasteiger partial charge in [-0.05, 0) is 57.0 Å². The number of carbonyl (C=O) groups excluding carboxylic acids is 1. The summed E-state index contributed by atoms with van der Waals surface area (Å²) in [6.45, 7) is 6.31. The number of rotatable bonds is 7. The Labute approximate surface area is 137 Å². The molecule has 23 heavy (non-hydrogen) atoms.